The first kappa shape index (κ1) is 25.2. The molecule has 0 spiro atoms. The lowest BCUT2D eigenvalue weighted by atomic mass is 9.71. The lowest BCUT2D eigenvalue weighted by Gasteiger charge is -2.58. The number of rotatable bonds is 5. The third-order valence-electron chi connectivity index (χ3n) is 9.40. The van der Waals surface area contributed by atoms with E-state index in [9.17, 15) is 5.11 Å². The molecular weight excluding hydrogens is 532 g/mol. The van der Waals surface area contributed by atoms with Gasteiger partial charge in [0.05, 0.1) is 18.6 Å². The van der Waals surface area contributed by atoms with Crippen LogP contribution in [0, 0.1) is 11.8 Å². The maximum atomic E-state index is 12.1. The first-order valence-corrected chi connectivity index (χ1v) is 13.6. The Labute approximate surface area is 234 Å². The summed E-state index contributed by atoms with van der Waals surface area (Å²) in [7, 11) is 0. The van der Waals surface area contributed by atoms with E-state index in [4.69, 9.17) is 0 Å². The third-order valence-corrected chi connectivity index (χ3v) is 9.40. The first-order valence-electron chi connectivity index (χ1n) is 13.6. The average molecular weight is 566 g/mol. The minimum Gasteiger partial charge on any atom is -1.00 e. The molecule has 4 heterocycles. The number of halogens is 1. The number of hydrogen-bond donors (Lipinski definition) is 1. The molecule has 2 bridgehead atoms. The van der Waals surface area contributed by atoms with Gasteiger partial charge in [0, 0.05) is 35.9 Å². The molecule has 8 rings (SSSR count). The minimum absolute atomic E-state index is 0. The van der Waals surface area contributed by atoms with Crippen LogP contribution in [0.15, 0.2) is 104 Å². The molecule has 3 unspecified atom stereocenters. The Morgan fingerprint density at radius 1 is 0.921 bits per heavy atom. The molecule has 4 aromatic carbocycles. The first-order chi connectivity index (χ1) is 18.2. The van der Waals surface area contributed by atoms with Crippen LogP contribution in [0.4, 0.5) is 0 Å². The SMILES string of the molecule is C=CC1C[N+]2(Cc3c4ccccc4cc4ccccc34)CCC1C[C@H]2[C@H](O)c1ccnc2ccccc12.[Br-]. The third kappa shape index (κ3) is 3.98. The van der Waals surface area contributed by atoms with Crippen LogP contribution in [0.2, 0.25) is 0 Å². The molecule has 1 aromatic heterocycles. The van der Waals surface area contributed by atoms with E-state index in [-0.39, 0.29) is 23.0 Å². The number of aliphatic hydroxyl groups excluding tert-OH is 1. The number of aliphatic hydroxyl groups is 1. The van der Waals surface area contributed by atoms with Crippen LogP contribution >= 0.6 is 0 Å². The molecule has 38 heavy (non-hydrogen) atoms. The fourth-order valence-corrected chi connectivity index (χ4v) is 7.56. The van der Waals surface area contributed by atoms with Gasteiger partial charge in [-0.1, -0.05) is 72.8 Å². The molecule has 0 saturated carbocycles. The predicted molar refractivity (Wildman–Crippen MR) is 152 cm³/mol. The number of fused-ring (bicyclic) bond motifs is 6. The topological polar surface area (TPSA) is 33.1 Å². The fourth-order valence-electron chi connectivity index (χ4n) is 7.56. The van der Waals surface area contributed by atoms with E-state index in [1.54, 1.807) is 0 Å². The average Bonchev–Trinajstić information content (AvgIpc) is 2.96. The maximum absolute atomic E-state index is 12.1. The number of benzene rings is 4. The van der Waals surface area contributed by atoms with Crippen molar-refractivity contribution in [2.45, 2.75) is 31.5 Å². The highest BCUT2D eigenvalue weighted by molar-refractivity contribution is 6.02. The van der Waals surface area contributed by atoms with E-state index in [0.717, 1.165) is 47.0 Å². The summed E-state index contributed by atoms with van der Waals surface area (Å²) >= 11 is 0. The Hall–Kier alpha value is -3.05. The van der Waals surface area contributed by atoms with Crippen molar-refractivity contribution in [3.05, 3.63) is 115 Å². The van der Waals surface area contributed by atoms with Crippen molar-refractivity contribution in [2.24, 2.45) is 11.8 Å². The van der Waals surface area contributed by atoms with Gasteiger partial charge in [0.1, 0.15) is 18.7 Å². The zero-order chi connectivity index (χ0) is 25.0. The molecule has 0 aliphatic carbocycles. The monoisotopic (exact) mass is 564 g/mol. The number of aromatic nitrogens is 1. The van der Waals surface area contributed by atoms with Gasteiger partial charge in [-0.05, 0) is 51.2 Å². The van der Waals surface area contributed by atoms with Gasteiger partial charge in [-0.3, -0.25) is 4.98 Å². The highest BCUT2D eigenvalue weighted by Crippen LogP contribution is 2.49. The molecule has 3 saturated heterocycles. The molecule has 3 nitrogen and oxygen atoms in total. The van der Waals surface area contributed by atoms with Crippen molar-refractivity contribution in [3.63, 3.8) is 0 Å². The normalized spacial score (nSPS) is 25.3. The molecule has 0 amide bonds. The van der Waals surface area contributed by atoms with E-state index in [2.05, 4.69) is 78.3 Å². The maximum Gasteiger partial charge on any atom is 0.131 e. The zero-order valence-corrected chi connectivity index (χ0v) is 23.1. The summed E-state index contributed by atoms with van der Waals surface area (Å²) in [5.74, 6) is 1.09. The molecule has 5 aromatic rings. The second kappa shape index (κ2) is 9.92. The van der Waals surface area contributed by atoms with Gasteiger partial charge in [-0.2, -0.15) is 0 Å². The number of piperidine rings is 3. The van der Waals surface area contributed by atoms with Gasteiger partial charge < -0.3 is 26.6 Å². The largest absolute Gasteiger partial charge is 1.00 e. The summed E-state index contributed by atoms with van der Waals surface area (Å²) in [5, 5.41) is 18.4. The number of pyridine rings is 1. The molecular formula is C34H33BrN2O. The van der Waals surface area contributed by atoms with Crippen LogP contribution in [-0.4, -0.2) is 33.7 Å². The molecule has 3 aliphatic rings. The Balaban J connectivity index is 0.00000264. The zero-order valence-electron chi connectivity index (χ0n) is 21.5. The van der Waals surface area contributed by atoms with E-state index in [0.29, 0.717) is 11.8 Å². The number of para-hydroxylation sites is 1. The summed E-state index contributed by atoms with van der Waals surface area (Å²) in [5.41, 5.74) is 3.37. The second-order valence-corrected chi connectivity index (χ2v) is 11.2. The van der Waals surface area contributed by atoms with Gasteiger partial charge in [-0.15, -0.1) is 6.58 Å². The van der Waals surface area contributed by atoms with Crippen molar-refractivity contribution in [1.29, 1.82) is 0 Å². The number of quaternary nitrogens is 1. The highest BCUT2D eigenvalue weighted by Gasteiger charge is 2.54. The Morgan fingerprint density at radius 3 is 2.29 bits per heavy atom. The van der Waals surface area contributed by atoms with Crippen molar-refractivity contribution in [2.75, 3.05) is 13.1 Å². The standard InChI is InChI=1S/C34H33N2O.BrH/c1-2-23-21-36(22-31-27-11-5-3-9-25(27)19-26-10-4-6-12-28(26)31)18-16-24(23)20-33(36)34(37)30-15-17-35-32-14-8-7-13-29(30)32;/h2-15,17,19,23-24,33-34,37H,1,16,18,20-22H2;1H/q+1;/p-1/t23?,24?,33-,34+,36?;/m0./s1. The van der Waals surface area contributed by atoms with E-state index >= 15 is 0 Å². The summed E-state index contributed by atoms with van der Waals surface area (Å²) in [4.78, 5) is 4.57. The molecule has 5 atom stereocenters. The molecule has 4 heteroatoms. The van der Waals surface area contributed by atoms with Crippen LogP contribution in [0.25, 0.3) is 32.4 Å². The highest BCUT2D eigenvalue weighted by atomic mass is 79.9. The Kier molecular flexibility index (Phi) is 6.59. The van der Waals surface area contributed by atoms with Crippen LogP contribution < -0.4 is 17.0 Å². The van der Waals surface area contributed by atoms with E-state index < -0.39 is 6.10 Å². The molecule has 3 aliphatic heterocycles. The summed E-state index contributed by atoms with van der Waals surface area (Å²) in [6, 6.07) is 30.3. The minimum atomic E-state index is -0.539. The van der Waals surface area contributed by atoms with E-state index in [1.807, 2.05) is 30.5 Å². The van der Waals surface area contributed by atoms with Crippen molar-refractivity contribution in [3.8, 4) is 0 Å². The Morgan fingerprint density at radius 2 is 1.58 bits per heavy atom. The summed E-state index contributed by atoms with van der Waals surface area (Å²) in [6.07, 6.45) is 5.72. The lowest BCUT2D eigenvalue weighted by Crippen LogP contribution is -3.00. The fraction of sp³-hybridized carbons (Fsp3) is 0.265. The van der Waals surface area contributed by atoms with Crippen LogP contribution in [0.5, 0.6) is 0 Å². The second-order valence-electron chi connectivity index (χ2n) is 11.2. The van der Waals surface area contributed by atoms with Crippen molar-refractivity contribution >= 4 is 32.4 Å². The summed E-state index contributed by atoms with van der Waals surface area (Å²) in [6.45, 7) is 7.28. The van der Waals surface area contributed by atoms with Gasteiger partial charge in [0.2, 0.25) is 0 Å². The van der Waals surface area contributed by atoms with Crippen molar-refractivity contribution < 1.29 is 26.6 Å². The number of hydrogen-bond acceptors (Lipinski definition) is 2. The van der Waals surface area contributed by atoms with Gasteiger partial charge in [0.15, 0.2) is 0 Å². The van der Waals surface area contributed by atoms with E-state index in [1.165, 1.54) is 33.5 Å². The van der Waals surface area contributed by atoms with Gasteiger partial charge >= 0.3 is 0 Å². The molecule has 1 N–H and O–H groups in total. The quantitative estimate of drug-likeness (QED) is 0.197. The van der Waals surface area contributed by atoms with Crippen LogP contribution in [-0.2, 0) is 6.54 Å². The van der Waals surface area contributed by atoms with Crippen molar-refractivity contribution in [1.82, 2.24) is 4.98 Å². The predicted octanol–water partition coefficient (Wildman–Crippen LogP) is 4.19. The smallest absolute Gasteiger partial charge is 0.131 e. The van der Waals surface area contributed by atoms with Crippen LogP contribution in [0.1, 0.15) is 30.1 Å². The lowest BCUT2D eigenvalue weighted by molar-refractivity contribution is -0.984. The molecule has 3 fully saturated rings. The summed E-state index contributed by atoms with van der Waals surface area (Å²) < 4.78 is 0.906. The van der Waals surface area contributed by atoms with Gasteiger partial charge in [-0.25, -0.2) is 0 Å². The number of nitrogens with zero attached hydrogens (tertiary/aromatic N) is 2. The van der Waals surface area contributed by atoms with Crippen LogP contribution in [0.3, 0.4) is 0 Å². The molecule has 0 radical (unpaired) electrons. The van der Waals surface area contributed by atoms with Gasteiger partial charge in [0.25, 0.3) is 0 Å². The Bertz CT molecular complexity index is 1590. The molecule has 192 valence electrons.